The second-order valence-corrected chi connectivity index (χ2v) is 4.57. The van der Waals surface area contributed by atoms with Crippen molar-refractivity contribution in [1.82, 2.24) is 0 Å². The summed E-state index contributed by atoms with van der Waals surface area (Å²) in [4.78, 5) is 11.8. The lowest BCUT2D eigenvalue weighted by molar-refractivity contribution is -0.118. The van der Waals surface area contributed by atoms with Gasteiger partial charge in [-0.15, -0.1) is 0 Å². The molecule has 4 heteroatoms. The molecule has 0 aromatic heterocycles. The normalized spacial score (nSPS) is 10.0. The Labute approximate surface area is 124 Å². The first-order valence-corrected chi connectivity index (χ1v) is 6.87. The number of hydrogen-bond donors (Lipinski definition) is 1. The third kappa shape index (κ3) is 4.53. The summed E-state index contributed by atoms with van der Waals surface area (Å²) in [5.74, 6) is 1.11. The highest BCUT2D eigenvalue weighted by Gasteiger charge is 2.04. The van der Waals surface area contributed by atoms with Gasteiger partial charge in [0.15, 0.2) is 6.61 Å². The van der Waals surface area contributed by atoms with Crippen LogP contribution in [0.15, 0.2) is 48.5 Å². The summed E-state index contributed by atoms with van der Waals surface area (Å²) < 4.78 is 10.5. The molecular formula is C17H19NO3. The average molecular weight is 285 g/mol. The van der Waals surface area contributed by atoms with Gasteiger partial charge in [-0.1, -0.05) is 25.1 Å². The monoisotopic (exact) mass is 285 g/mol. The van der Waals surface area contributed by atoms with E-state index in [4.69, 9.17) is 9.47 Å². The van der Waals surface area contributed by atoms with Crippen molar-refractivity contribution in [3.8, 4) is 11.5 Å². The van der Waals surface area contributed by atoms with Crippen LogP contribution in [-0.2, 0) is 11.2 Å². The van der Waals surface area contributed by atoms with Gasteiger partial charge < -0.3 is 14.8 Å². The Kier molecular flexibility index (Phi) is 5.21. The predicted molar refractivity (Wildman–Crippen MR) is 82.9 cm³/mol. The van der Waals surface area contributed by atoms with Crippen LogP contribution in [0.25, 0.3) is 0 Å². The van der Waals surface area contributed by atoms with Crippen LogP contribution in [0.3, 0.4) is 0 Å². The van der Waals surface area contributed by atoms with Crippen LogP contribution in [0.5, 0.6) is 11.5 Å². The van der Waals surface area contributed by atoms with Crippen molar-refractivity contribution >= 4 is 11.6 Å². The van der Waals surface area contributed by atoms with E-state index in [0.717, 1.165) is 12.1 Å². The number of carbonyl (C=O) groups is 1. The van der Waals surface area contributed by atoms with E-state index in [1.165, 1.54) is 5.56 Å². The number of aryl methyl sites for hydroxylation is 1. The molecule has 0 saturated heterocycles. The lowest BCUT2D eigenvalue weighted by Crippen LogP contribution is -2.20. The van der Waals surface area contributed by atoms with Crippen LogP contribution in [0.2, 0.25) is 0 Å². The van der Waals surface area contributed by atoms with Gasteiger partial charge in [0.1, 0.15) is 11.5 Å². The van der Waals surface area contributed by atoms with E-state index in [1.807, 2.05) is 36.4 Å². The molecule has 2 aromatic rings. The van der Waals surface area contributed by atoms with Crippen molar-refractivity contribution in [3.63, 3.8) is 0 Å². The predicted octanol–water partition coefficient (Wildman–Crippen LogP) is 3.28. The van der Waals surface area contributed by atoms with Gasteiger partial charge in [0.05, 0.1) is 7.11 Å². The fourth-order valence-corrected chi connectivity index (χ4v) is 1.86. The van der Waals surface area contributed by atoms with E-state index in [0.29, 0.717) is 11.5 Å². The quantitative estimate of drug-likeness (QED) is 0.886. The molecule has 0 aliphatic rings. The lowest BCUT2D eigenvalue weighted by atomic mass is 10.1. The van der Waals surface area contributed by atoms with Gasteiger partial charge in [0.25, 0.3) is 5.91 Å². The van der Waals surface area contributed by atoms with E-state index in [1.54, 1.807) is 19.2 Å². The minimum absolute atomic E-state index is 0.0390. The molecule has 0 heterocycles. The van der Waals surface area contributed by atoms with Crippen molar-refractivity contribution < 1.29 is 14.3 Å². The van der Waals surface area contributed by atoms with Crippen molar-refractivity contribution in [1.29, 1.82) is 0 Å². The first-order valence-electron chi connectivity index (χ1n) is 6.87. The summed E-state index contributed by atoms with van der Waals surface area (Å²) in [6, 6.07) is 14.9. The summed E-state index contributed by atoms with van der Waals surface area (Å²) in [5, 5.41) is 2.80. The Hall–Kier alpha value is -2.49. The summed E-state index contributed by atoms with van der Waals surface area (Å²) in [6.07, 6.45) is 0.979. The molecule has 0 saturated carbocycles. The van der Waals surface area contributed by atoms with Crippen LogP contribution in [0.4, 0.5) is 5.69 Å². The average Bonchev–Trinajstić information content (AvgIpc) is 2.54. The van der Waals surface area contributed by atoms with E-state index in [-0.39, 0.29) is 12.5 Å². The maximum atomic E-state index is 11.8. The minimum Gasteiger partial charge on any atom is -0.497 e. The molecule has 0 unspecified atom stereocenters. The molecule has 21 heavy (non-hydrogen) atoms. The van der Waals surface area contributed by atoms with Crippen molar-refractivity contribution in [2.45, 2.75) is 13.3 Å². The van der Waals surface area contributed by atoms with Gasteiger partial charge in [-0.2, -0.15) is 0 Å². The van der Waals surface area contributed by atoms with E-state index in [9.17, 15) is 4.79 Å². The molecule has 0 spiro atoms. The zero-order valence-electron chi connectivity index (χ0n) is 12.3. The zero-order valence-corrected chi connectivity index (χ0v) is 12.3. The van der Waals surface area contributed by atoms with E-state index in [2.05, 4.69) is 12.2 Å². The highest BCUT2D eigenvalue weighted by molar-refractivity contribution is 5.91. The number of methoxy groups -OCH3 is 1. The van der Waals surface area contributed by atoms with Crippen LogP contribution in [0.1, 0.15) is 12.5 Å². The number of anilines is 1. The highest BCUT2D eigenvalue weighted by atomic mass is 16.5. The van der Waals surface area contributed by atoms with E-state index >= 15 is 0 Å². The number of benzene rings is 2. The van der Waals surface area contributed by atoms with Gasteiger partial charge in [-0.05, 0) is 36.2 Å². The lowest BCUT2D eigenvalue weighted by Gasteiger charge is -2.09. The molecule has 2 aromatic carbocycles. The number of hydrogen-bond acceptors (Lipinski definition) is 3. The summed E-state index contributed by atoms with van der Waals surface area (Å²) >= 11 is 0. The maximum absolute atomic E-state index is 11.8. The van der Waals surface area contributed by atoms with Gasteiger partial charge in [0.2, 0.25) is 0 Å². The first kappa shape index (κ1) is 14.9. The standard InChI is InChI=1S/C17H19NO3/c1-3-13-7-9-14(10-8-13)18-17(19)12-21-16-6-4-5-15(11-16)20-2/h4-11H,3,12H2,1-2H3,(H,18,19). The highest BCUT2D eigenvalue weighted by Crippen LogP contribution is 2.18. The second-order valence-electron chi connectivity index (χ2n) is 4.57. The van der Waals surface area contributed by atoms with Gasteiger partial charge in [0, 0.05) is 11.8 Å². The number of nitrogens with one attached hydrogen (secondary N) is 1. The Morgan fingerprint density at radius 3 is 2.48 bits per heavy atom. The van der Waals surface area contributed by atoms with Gasteiger partial charge in [-0.25, -0.2) is 0 Å². The molecule has 1 amide bonds. The fourth-order valence-electron chi connectivity index (χ4n) is 1.86. The number of rotatable bonds is 6. The molecule has 0 atom stereocenters. The summed E-state index contributed by atoms with van der Waals surface area (Å²) in [5.41, 5.74) is 2.01. The SMILES string of the molecule is CCc1ccc(NC(=O)COc2cccc(OC)c2)cc1. The molecule has 0 aliphatic carbocycles. The van der Waals surface area contributed by atoms with Crippen molar-refractivity contribution in [2.24, 2.45) is 0 Å². The number of carbonyl (C=O) groups excluding carboxylic acids is 1. The summed E-state index contributed by atoms with van der Waals surface area (Å²) in [6.45, 7) is 2.05. The Bertz CT molecular complexity index is 593. The molecule has 0 aliphatic heterocycles. The van der Waals surface area contributed by atoms with E-state index < -0.39 is 0 Å². The van der Waals surface area contributed by atoms with Crippen LogP contribution >= 0.6 is 0 Å². The molecule has 0 fully saturated rings. The zero-order chi connectivity index (χ0) is 15.1. The van der Waals surface area contributed by atoms with Crippen molar-refractivity contribution in [2.75, 3.05) is 19.0 Å². The first-order chi connectivity index (χ1) is 10.2. The smallest absolute Gasteiger partial charge is 0.262 e. The van der Waals surface area contributed by atoms with Crippen molar-refractivity contribution in [3.05, 3.63) is 54.1 Å². The second kappa shape index (κ2) is 7.33. The maximum Gasteiger partial charge on any atom is 0.262 e. The summed E-state index contributed by atoms with van der Waals surface area (Å²) in [7, 11) is 1.59. The third-order valence-corrected chi connectivity index (χ3v) is 3.06. The molecule has 2 rings (SSSR count). The molecule has 4 nitrogen and oxygen atoms in total. The van der Waals surface area contributed by atoms with Gasteiger partial charge >= 0.3 is 0 Å². The third-order valence-electron chi connectivity index (χ3n) is 3.06. The molecule has 0 radical (unpaired) electrons. The van der Waals surface area contributed by atoms with Crippen LogP contribution in [0, 0.1) is 0 Å². The van der Waals surface area contributed by atoms with Gasteiger partial charge in [-0.3, -0.25) is 4.79 Å². The topological polar surface area (TPSA) is 47.6 Å². The molecular weight excluding hydrogens is 266 g/mol. The largest absolute Gasteiger partial charge is 0.497 e. The molecule has 0 bridgehead atoms. The number of ether oxygens (including phenoxy) is 2. The minimum atomic E-state index is -0.193. The molecule has 110 valence electrons. The Balaban J connectivity index is 1.86. The Morgan fingerprint density at radius 1 is 1.10 bits per heavy atom. The fraction of sp³-hybridized carbons (Fsp3) is 0.235. The van der Waals surface area contributed by atoms with Crippen LogP contribution in [-0.4, -0.2) is 19.6 Å². The Morgan fingerprint density at radius 2 is 1.81 bits per heavy atom. The number of amides is 1. The van der Waals surface area contributed by atoms with Crippen LogP contribution < -0.4 is 14.8 Å². The molecule has 1 N–H and O–H groups in total.